The second-order valence-corrected chi connectivity index (χ2v) is 32.0. The summed E-state index contributed by atoms with van der Waals surface area (Å²) in [7, 11) is -3.79. The first-order valence-corrected chi connectivity index (χ1v) is 38.9. The number of aromatic hydroxyl groups is 1. The van der Waals surface area contributed by atoms with Crippen LogP contribution in [0.25, 0.3) is 80.8 Å². The fourth-order valence-corrected chi connectivity index (χ4v) is 15.7. The number of imidazole rings is 3. The predicted octanol–water partition coefficient (Wildman–Crippen LogP) is 18.2. The molecule has 0 bridgehead atoms. The molecule has 2 aliphatic rings. The third kappa shape index (κ3) is 20.1. The van der Waals surface area contributed by atoms with Gasteiger partial charge in [0.1, 0.15) is 81.8 Å². The van der Waals surface area contributed by atoms with Crippen molar-refractivity contribution in [3.05, 3.63) is 184 Å². The second-order valence-electron chi connectivity index (χ2n) is 23.8. The number of alkyl carbamates (subject to hydrolysis) is 2. The lowest BCUT2D eigenvalue weighted by Gasteiger charge is -2.13. The Kier molecular flexibility index (Phi) is 25.8. The number of rotatable bonds is 17. The minimum absolute atomic E-state index is 0.0430. The summed E-state index contributed by atoms with van der Waals surface area (Å²) < 4.78 is 170. The van der Waals surface area contributed by atoms with Crippen LogP contribution < -0.4 is 25.8 Å². The number of benzene rings is 4. The number of nitrogens with one attached hydrogen (secondary N) is 2. The van der Waals surface area contributed by atoms with Crippen LogP contribution >= 0.6 is 138 Å². The summed E-state index contributed by atoms with van der Waals surface area (Å²) in [6, 6.07) is 16.3. The van der Waals surface area contributed by atoms with Gasteiger partial charge in [-0.15, -0.1) is 30.6 Å². The van der Waals surface area contributed by atoms with Gasteiger partial charge in [-0.05, 0) is 55.5 Å². The number of aryl methyl sites for hydroxylation is 1. The number of aliphatic hydroxyl groups excluding tert-OH is 1. The van der Waals surface area contributed by atoms with Gasteiger partial charge >= 0.3 is 30.7 Å². The van der Waals surface area contributed by atoms with Crippen molar-refractivity contribution in [2.45, 2.75) is 48.5 Å². The molecule has 0 spiro atoms. The Bertz CT molecular complexity index is 5940. The van der Waals surface area contributed by atoms with Gasteiger partial charge in [0.05, 0.1) is 92.1 Å². The first-order chi connectivity index (χ1) is 53.7. The van der Waals surface area contributed by atoms with E-state index in [-0.39, 0.29) is 130 Å². The fourth-order valence-electron chi connectivity index (χ4n) is 9.97. The number of nitrogens with zero attached hydrogens (tertiary/aromatic N) is 12. The molecule has 3 atom stereocenters. The summed E-state index contributed by atoms with van der Waals surface area (Å²) in [4.78, 5) is 34.8. The van der Waals surface area contributed by atoms with Gasteiger partial charge in [-0.1, -0.05) is 156 Å². The third-order valence-electron chi connectivity index (χ3n) is 15.5. The maximum absolute atomic E-state index is 13.1. The summed E-state index contributed by atoms with van der Waals surface area (Å²) >= 11 is 58.7. The van der Waals surface area contributed by atoms with Crippen LogP contribution in [0, 0.1) is 6.92 Å². The highest BCUT2D eigenvalue weighted by molar-refractivity contribution is 7.86. The number of fused-ring (bicyclic) bond motifs is 3. The minimum atomic E-state index is -4.55. The van der Waals surface area contributed by atoms with Crippen LogP contribution in [0.3, 0.4) is 0 Å². The van der Waals surface area contributed by atoms with Gasteiger partial charge < -0.3 is 58.7 Å². The number of phenols is 1. The van der Waals surface area contributed by atoms with Gasteiger partial charge in [-0.3, -0.25) is 4.18 Å². The molecule has 2 aliphatic heterocycles. The Morgan fingerprint density at radius 2 is 0.868 bits per heavy atom. The topological polar surface area (TPSA) is 334 Å². The second kappa shape index (κ2) is 34.7. The zero-order valence-electron chi connectivity index (χ0n) is 56.4. The summed E-state index contributed by atoms with van der Waals surface area (Å²) in [5, 5.41) is 51.2. The van der Waals surface area contributed by atoms with E-state index >= 15 is 0 Å². The SMILES string of the molecule is Cc1ccc(S(=O)(=O)OC[C@@H]2COC(=O)N2)cc1.N[C@@H](CO)COc1cc(Cl)c(-c2nnc(-c3cn4cc(C(F)(F)F)cc(Cl)c4n3)s2)cc1Cl.O=C1N[C@H](COc2cc(Cl)c(-c3nnc(-c4cn5cc(C(F)(F)F)cc(Cl)c5n4)s3)cc2Cl)CO1.Oc1cc(Cl)c(-c2nnc(-c3cn4cc(C(F)(F)F)cc(Cl)c4n3)s2)cc1Cl. The van der Waals surface area contributed by atoms with Gasteiger partial charge in [-0.25, -0.2) is 24.5 Å². The van der Waals surface area contributed by atoms with Crippen LogP contribution in [-0.2, 0) is 42.3 Å². The predicted molar refractivity (Wildman–Crippen MR) is 407 cm³/mol. The molecule has 4 aromatic carbocycles. The van der Waals surface area contributed by atoms with Gasteiger partial charge in [0.15, 0.2) is 32.0 Å². The smallest absolute Gasteiger partial charge is 0.417 e. The van der Waals surface area contributed by atoms with Crippen LogP contribution in [0.5, 0.6) is 17.2 Å². The molecule has 2 fully saturated rings. The van der Waals surface area contributed by atoms with Crippen LogP contribution in [0.2, 0.25) is 45.2 Å². The first-order valence-electron chi connectivity index (χ1n) is 31.7. The summed E-state index contributed by atoms with van der Waals surface area (Å²) in [6.07, 6.45) is -7.86. The zero-order valence-corrected chi connectivity index (χ0v) is 66.5. The van der Waals surface area contributed by atoms with E-state index in [0.717, 1.165) is 76.4 Å². The van der Waals surface area contributed by atoms with Gasteiger partial charge in [0.25, 0.3) is 10.1 Å². The van der Waals surface area contributed by atoms with E-state index in [9.17, 15) is 62.6 Å². The minimum Gasteiger partial charge on any atom is -0.506 e. The van der Waals surface area contributed by atoms with Crippen molar-refractivity contribution in [3.8, 4) is 81.1 Å². The van der Waals surface area contributed by atoms with Crippen molar-refractivity contribution < 1.29 is 90.9 Å². The number of carbonyl (C=O) groups is 2. The fraction of sp³-hybridized carbons (Fsp3) is 0.197. The summed E-state index contributed by atoms with van der Waals surface area (Å²) in [6.45, 7) is 1.95. The highest BCUT2D eigenvalue weighted by Crippen LogP contribution is 2.45. The number of hydrogen-bond acceptors (Lipinski definition) is 24. The molecule has 114 heavy (non-hydrogen) atoms. The third-order valence-corrected chi connectivity index (χ3v) is 22.4. The maximum atomic E-state index is 13.1. The van der Waals surface area contributed by atoms with Crippen LogP contribution in [-0.4, -0.2) is 147 Å². The van der Waals surface area contributed by atoms with Crippen molar-refractivity contribution in [2.75, 3.05) is 39.6 Å². The molecule has 0 aliphatic carbocycles. The molecule has 6 N–H and O–H groups in total. The van der Waals surface area contributed by atoms with Gasteiger partial charge in [0, 0.05) is 72.1 Å². The molecule has 0 saturated carbocycles. The van der Waals surface area contributed by atoms with Gasteiger partial charge in [0.2, 0.25) is 0 Å². The van der Waals surface area contributed by atoms with Crippen molar-refractivity contribution >= 4 is 178 Å². The van der Waals surface area contributed by atoms with E-state index in [1.807, 2.05) is 6.92 Å². The van der Waals surface area contributed by atoms with Crippen LogP contribution in [0.4, 0.5) is 49.1 Å². The largest absolute Gasteiger partial charge is 0.506 e. The Labute approximate surface area is 691 Å². The summed E-state index contributed by atoms with van der Waals surface area (Å²) in [5.41, 5.74) is 6.64. The number of amides is 2. The number of cyclic esters (lactones) is 2. The lowest BCUT2D eigenvalue weighted by molar-refractivity contribution is -0.138. The zero-order chi connectivity index (χ0) is 82.2. The number of carbonyl (C=O) groups excluding carboxylic acids is 2. The number of ether oxygens (including phenoxy) is 4. The average Bonchev–Trinajstić information content (AvgIpc) is 1.63. The number of aliphatic hydroxyl groups is 1. The molecule has 9 aromatic heterocycles. The van der Waals surface area contributed by atoms with Crippen LogP contribution in [0.15, 0.2) is 121 Å². The highest BCUT2D eigenvalue weighted by atomic mass is 35.5. The van der Waals surface area contributed by atoms with Crippen LogP contribution in [0.1, 0.15) is 22.3 Å². The Morgan fingerprint density at radius 3 is 1.24 bits per heavy atom. The maximum Gasteiger partial charge on any atom is 0.417 e. The molecule has 2 amide bonds. The molecular weight excluding hydrogens is 1800 g/mol. The Morgan fingerprint density at radius 1 is 0.509 bits per heavy atom. The van der Waals surface area contributed by atoms with Gasteiger partial charge in [-0.2, -0.15) is 47.9 Å². The number of phenolic OH excluding ortho intramolecular Hbond substituents is 1. The first kappa shape index (κ1) is 84.8. The van der Waals surface area contributed by atoms with E-state index in [2.05, 4.69) is 60.9 Å². The molecule has 13 aromatic rings. The molecule has 598 valence electrons. The molecule has 48 heteroatoms. The molecule has 2 saturated heterocycles. The number of hydrogen-bond donors (Lipinski definition) is 5. The number of pyridine rings is 3. The lowest BCUT2D eigenvalue weighted by atomic mass is 10.2. The Balaban J connectivity index is 0.000000144. The number of aromatic nitrogens is 12. The lowest BCUT2D eigenvalue weighted by Crippen LogP contribution is -2.32. The van der Waals surface area contributed by atoms with Crippen molar-refractivity contribution in [3.63, 3.8) is 0 Å². The molecule has 11 heterocycles. The molecule has 0 radical (unpaired) electrons. The molecule has 0 unspecified atom stereocenters. The monoisotopic (exact) mass is 1830 g/mol. The van der Waals surface area contributed by atoms with Crippen molar-refractivity contribution in [2.24, 2.45) is 5.73 Å². The molecule has 26 nitrogen and oxygen atoms in total. The molecular formula is C66H43Cl9F9N15O11S4. The molecule has 15 rings (SSSR count). The highest BCUT2D eigenvalue weighted by Gasteiger charge is 2.36. The summed E-state index contributed by atoms with van der Waals surface area (Å²) in [5.74, 6) is 0.423. The standard InChI is InChI=1S/C20H11Cl3F3N5O3S.C19H13Cl3F3N5O2S.C16H6Cl3F3N4OS.C11H13NO5S/c21-11-3-15(33-6-9-7-34-19(32)27-9)12(22)2-10(11)17-29-30-18(35-17)14-5-31-4-8(20(24,25)26)1-13(23)16(31)28-14;20-11-3-15(32-7-9(26)6-31)12(21)2-10(11)17-28-29-18(33-17)14-5-30-4-8(19(23,24)25)1-13(22)16(30)27-14;17-8-3-12(27)9(18)2-7(8)14-24-25-15(28-14)11-5-26-4-6(16(20,21)22)1-10(19)13(26)23-11;1-8-2-4-10(5-3-8)18(14,15)17-7-9-6-16-11(13)12-9/h1-5,9H,6-7H2,(H,27,32);1-5,9,31H,6-7,26H2;1-5,27H;2-5,9H,6-7H2,1H3,(H,12,13)/t2*9-;;9-/m10.0/s1. The van der Waals surface area contributed by atoms with E-state index in [4.69, 9.17) is 134 Å². The quantitative estimate of drug-likeness (QED) is 0.0417. The number of alkyl halides is 9. The van der Waals surface area contributed by atoms with E-state index in [0.29, 0.717) is 63.9 Å². The van der Waals surface area contributed by atoms with Crippen molar-refractivity contribution in [1.29, 1.82) is 0 Å². The average molecular weight is 1840 g/mol. The van der Waals surface area contributed by atoms with E-state index in [1.54, 1.807) is 24.3 Å². The van der Waals surface area contributed by atoms with E-state index < -0.39 is 69.6 Å². The Hall–Kier alpha value is -8.62. The number of halogens is 18. The van der Waals surface area contributed by atoms with Crippen molar-refractivity contribution in [1.82, 2.24) is 69.4 Å². The van der Waals surface area contributed by atoms with E-state index in [1.165, 1.54) is 68.2 Å². The normalized spacial score (nSPS) is 14.7. The number of nitrogens with two attached hydrogens (primary N) is 1.